The van der Waals surface area contributed by atoms with E-state index < -0.39 is 11.6 Å². The van der Waals surface area contributed by atoms with Crippen molar-refractivity contribution in [3.63, 3.8) is 0 Å². The van der Waals surface area contributed by atoms with Crippen LogP contribution < -0.4 is 0 Å². The van der Waals surface area contributed by atoms with Gasteiger partial charge in [0.15, 0.2) is 0 Å². The van der Waals surface area contributed by atoms with E-state index in [-0.39, 0.29) is 6.10 Å². The standard InChI is InChI=1S/C10H17IO4/c1-9(12-3)10(2,13-4)15-8(5-6-11)7-14-9/h5-6,8H,7H2,1-4H3/b6-5+/t8-,9+,10+/m0/s1. The van der Waals surface area contributed by atoms with E-state index in [1.54, 1.807) is 21.1 Å². The molecule has 0 radical (unpaired) electrons. The van der Waals surface area contributed by atoms with Crippen LogP contribution >= 0.6 is 22.6 Å². The van der Waals surface area contributed by atoms with Gasteiger partial charge in [-0.3, -0.25) is 0 Å². The Morgan fingerprint density at radius 1 is 1.27 bits per heavy atom. The van der Waals surface area contributed by atoms with Crippen LogP contribution in [0.25, 0.3) is 0 Å². The lowest BCUT2D eigenvalue weighted by atomic mass is 10.1. The molecule has 0 N–H and O–H groups in total. The van der Waals surface area contributed by atoms with E-state index in [2.05, 4.69) is 22.6 Å². The smallest absolute Gasteiger partial charge is 0.220 e. The molecule has 0 aromatic rings. The molecule has 0 saturated carbocycles. The van der Waals surface area contributed by atoms with Gasteiger partial charge in [0.05, 0.1) is 6.61 Å². The Morgan fingerprint density at radius 2 is 1.87 bits per heavy atom. The molecule has 5 heteroatoms. The third kappa shape index (κ3) is 2.52. The fourth-order valence-electron chi connectivity index (χ4n) is 1.46. The molecular formula is C10H17IO4. The first-order chi connectivity index (χ1) is 7.01. The Hall–Kier alpha value is 0.310. The van der Waals surface area contributed by atoms with E-state index in [9.17, 15) is 0 Å². The monoisotopic (exact) mass is 328 g/mol. The van der Waals surface area contributed by atoms with Crippen LogP contribution in [0.1, 0.15) is 13.8 Å². The van der Waals surface area contributed by atoms with Crippen LogP contribution in [0.15, 0.2) is 10.2 Å². The van der Waals surface area contributed by atoms with E-state index in [0.717, 1.165) is 0 Å². The largest absolute Gasteiger partial charge is 0.349 e. The van der Waals surface area contributed by atoms with Gasteiger partial charge in [0, 0.05) is 14.2 Å². The van der Waals surface area contributed by atoms with Gasteiger partial charge in [0.1, 0.15) is 6.10 Å². The number of rotatable bonds is 3. The molecule has 1 aliphatic rings. The van der Waals surface area contributed by atoms with Crippen molar-refractivity contribution >= 4 is 22.6 Å². The van der Waals surface area contributed by atoms with Gasteiger partial charge in [-0.1, -0.05) is 22.6 Å². The second-order valence-electron chi connectivity index (χ2n) is 3.59. The van der Waals surface area contributed by atoms with Gasteiger partial charge in [-0.25, -0.2) is 0 Å². The molecule has 15 heavy (non-hydrogen) atoms. The molecule has 0 aliphatic carbocycles. The lowest BCUT2D eigenvalue weighted by Crippen LogP contribution is -2.62. The van der Waals surface area contributed by atoms with Crippen molar-refractivity contribution in [2.75, 3.05) is 20.8 Å². The topological polar surface area (TPSA) is 36.9 Å². The summed E-state index contributed by atoms with van der Waals surface area (Å²) >= 11 is 2.14. The van der Waals surface area contributed by atoms with E-state index in [1.807, 2.05) is 17.1 Å². The lowest BCUT2D eigenvalue weighted by molar-refractivity contribution is -0.425. The number of ether oxygens (including phenoxy) is 4. The molecule has 1 saturated heterocycles. The van der Waals surface area contributed by atoms with Gasteiger partial charge in [-0.2, -0.15) is 0 Å². The summed E-state index contributed by atoms with van der Waals surface area (Å²) in [6, 6.07) is 0. The zero-order valence-electron chi connectivity index (χ0n) is 9.45. The van der Waals surface area contributed by atoms with Crippen molar-refractivity contribution < 1.29 is 18.9 Å². The lowest BCUT2D eigenvalue weighted by Gasteiger charge is -2.48. The summed E-state index contributed by atoms with van der Waals surface area (Å²) in [6.07, 6.45) is 1.82. The molecule has 1 heterocycles. The highest BCUT2D eigenvalue weighted by molar-refractivity contribution is 14.1. The zero-order chi connectivity index (χ0) is 11.5. The molecule has 0 bridgehead atoms. The third-order valence-corrected chi connectivity index (χ3v) is 3.21. The fourth-order valence-corrected chi connectivity index (χ4v) is 1.92. The SMILES string of the molecule is CO[C@]1(C)OC[C@H](/C=C/I)O[C@@]1(C)OC. The highest BCUT2D eigenvalue weighted by Crippen LogP contribution is 2.36. The molecule has 3 atom stereocenters. The maximum absolute atomic E-state index is 5.81. The Bertz CT molecular complexity index is 246. The van der Waals surface area contributed by atoms with Gasteiger partial charge in [-0.05, 0) is 24.0 Å². The van der Waals surface area contributed by atoms with Crippen molar-refractivity contribution in [1.29, 1.82) is 0 Å². The second kappa shape index (κ2) is 5.09. The molecule has 0 aromatic carbocycles. The summed E-state index contributed by atoms with van der Waals surface area (Å²) < 4.78 is 24.0. The van der Waals surface area contributed by atoms with Crippen LogP contribution in [-0.4, -0.2) is 38.5 Å². The molecule has 0 spiro atoms. The zero-order valence-corrected chi connectivity index (χ0v) is 11.6. The average Bonchev–Trinajstić information content (AvgIpc) is 2.24. The van der Waals surface area contributed by atoms with E-state index in [4.69, 9.17) is 18.9 Å². The number of hydrogen-bond acceptors (Lipinski definition) is 4. The molecule has 1 aliphatic heterocycles. The summed E-state index contributed by atoms with van der Waals surface area (Å²) in [5, 5.41) is 0. The van der Waals surface area contributed by atoms with E-state index in [0.29, 0.717) is 6.61 Å². The third-order valence-electron chi connectivity index (χ3n) is 2.79. The van der Waals surface area contributed by atoms with Gasteiger partial charge >= 0.3 is 0 Å². The minimum absolute atomic E-state index is 0.102. The fraction of sp³-hybridized carbons (Fsp3) is 0.800. The first kappa shape index (κ1) is 13.4. The van der Waals surface area contributed by atoms with Crippen molar-refractivity contribution in [2.45, 2.75) is 31.5 Å². The van der Waals surface area contributed by atoms with E-state index in [1.165, 1.54) is 0 Å². The summed E-state index contributed by atoms with van der Waals surface area (Å²) in [5.74, 6) is -1.78. The maximum Gasteiger partial charge on any atom is 0.220 e. The van der Waals surface area contributed by atoms with Crippen molar-refractivity contribution in [1.82, 2.24) is 0 Å². The summed E-state index contributed by atoms with van der Waals surface area (Å²) in [4.78, 5) is 0. The van der Waals surface area contributed by atoms with Gasteiger partial charge in [0.2, 0.25) is 11.6 Å². The number of halogens is 1. The predicted octanol–water partition coefficient (Wildman–Crippen LogP) is 2.08. The minimum Gasteiger partial charge on any atom is -0.349 e. The predicted molar refractivity (Wildman–Crippen MR) is 64.8 cm³/mol. The molecule has 0 unspecified atom stereocenters. The number of methoxy groups -OCH3 is 2. The normalized spacial score (nSPS) is 42.3. The molecule has 0 aromatic heterocycles. The van der Waals surface area contributed by atoms with Crippen LogP contribution in [0, 0.1) is 0 Å². The molecular weight excluding hydrogens is 311 g/mol. The van der Waals surface area contributed by atoms with Gasteiger partial charge in [-0.15, -0.1) is 0 Å². The van der Waals surface area contributed by atoms with Crippen LogP contribution in [0.4, 0.5) is 0 Å². The average molecular weight is 328 g/mol. The summed E-state index contributed by atoms with van der Waals surface area (Å²) in [5.41, 5.74) is 0. The molecule has 88 valence electrons. The van der Waals surface area contributed by atoms with E-state index >= 15 is 0 Å². The highest BCUT2D eigenvalue weighted by Gasteiger charge is 2.52. The van der Waals surface area contributed by atoms with Crippen LogP contribution in [0.2, 0.25) is 0 Å². The Labute approximate surface area is 104 Å². The Morgan fingerprint density at radius 3 is 2.33 bits per heavy atom. The maximum atomic E-state index is 5.81. The Kier molecular flexibility index (Phi) is 4.54. The van der Waals surface area contributed by atoms with Crippen molar-refractivity contribution in [2.24, 2.45) is 0 Å². The summed E-state index contributed by atoms with van der Waals surface area (Å²) in [6.45, 7) is 4.08. The van der Waals surface area contributed by atoms with Crippen LogP contribution in [-0.2, 0) is 18.9 Å². The first-order valence-electron chi connectivity index (χ1n) is 4.70. The quantitative estimate of drug-likeness (QED) is 0.744. The molecule has 4 nitrogen and oxygen atoms in total. The summed E-state index contributed by atoms with van der Waals surface area (Å²) in [7, 11) is 3.16. The highest BCUT2D eigenvalue weighted by atomic mass is 127. The van der Waals surface area contributed by atoms with Crippen LogP contribution in [0.5, 0.6) is 0 Å². The molecule has 1 fully saturated rings. The molecule has 1 rings (SSSR count). The first-order valence-corrected chi connectivity index (χ1v) is 5.95. The van der Waals surface area contributed by atoms with Crippen LogP contribution in [0.3, 0.4) is 0 Å². The van der Waals surface area contributed by atoms with Gasteiger partial charge < -0.3 is 18.9 Å². The number of hydrogen-bond donors (Lipinski definition) is 0. The van der Waals surface area contributed by atoms with Gasteiger partial charge in [0.25, 0.3) is 0 Å². The Balaban J connectivity index is 2.83. The van der Waals surface area contributed by atoms with Crippen molar-refractivity contribution in [3.8, 4) is 0 Å². The molecule has 0 amide bonds. The van der Waals surface area contributed by atoms with Crippen molar-refractivity contribution in [3.05, 3.63) is 10.2 Å². The second-order valence-corrected chi connectivity index (χ2v) is 4.30. The minimum atomic E-state index is -0.902.